The Morgan fingerprint density at radius 3 is 2.50 bits per heavy atom. The second-order valence-electron chi connectivity index (χ2n) is 4.28. The van der Waals surface area contributed by atoms with Crippen molar-refractivity contribution in [2.75, 3.05) is 13.7 Å². The molecule has 1 N–H and O–H groups in total. The predicted octanol–water partition coefficient (Wildman–Crippen LogP) is 1.71. The molecule has 2 unspecified atom stereocenters. The minimum atomic E-state index is -0.539. The van der Waals surface area contributed by atoms with Gasteiger partial charge < -0.3 is 10.1 Å². The molecule has 0 aliphatic carbocycles. The summed E-state index contributed by atoms with van der Waals surface area (Å²) in [6.45, 7) is 6.48. The van der Waals surface area contributed by atoms with E-state index >= 15 is 0 Å². The Kier molecular flexibility index (Phi) is 7.57. The molecule has 0 saturated carbocycles. The lowest BCUT2D eigenvalue weighted by Crippen LogP contribution is -2.44. The lowest BCUT2D eigenvalue weighted by Gasteiger charge is -2.22. The van der Waals surface area contributed by atoms with Crippen molar-refractivity contribution in [1.29, 1.82) is 5.26 Å². The van der Waals surface area contributed by atoms with Gasteiger partial charge in [-0.15, -0.1) is 0 Å². The number of nitrogens with one attached hydrogen (secondary N) is 1. The first-order valence-electron chi connectivity index (χ1n) is 5.75. The maximum Gasteiger partial charge on any atom is 0.237 e. The molecule has 92 valence electrons. The molecular formula is C12H22N2O2. The fourth-order valence-corrected chi connectivity index (χ4v) is 1.41. The van der Waals surface area contributed by atoms with E-state index in [-0.39, 0.29) is 11.9 Å². The highest BCUT2D eigenvalue weighted by Crippen LogP contribution is 2.08. The second-order valence-corrected chi connectivity index (χ2v) is 4.28. The van der Waals surface area contributed by atoms with E-state index in [1.165, 1.54) is 0 Å². The van der Waals surface area contributed by atoms with Crippen LogP contribution in [0.2, 0.25) is 0 Å². The maximum atomic E-state index is 11.8. The van der Waals surface area contributed by atoms with Crippen molar-refractivity contribution in [1.82, 2.24) is 5.32 Å². The first kappa shape index (κ1) is 14.9. The van der Waals surface area contributed by atoms with Gasteiger partial charge in [-0.2, -0.15) is 5.26 Å². The first-order valence-corrected chi connectivity index (χ1v) is 5.75. The predicted molar refractivity (Wildman–Crippen MR) is 62.7 cm³/mol. The number of hydrogen-bond donors (Lipinski definition) is 1. The molecule has 2 atom stereocenters. The summed E-state index contributed by atoms with van der Waals surface area (Å²) in [4.78, 5) is 11.8. The quantitative estimate of drug-likeness (QED) is 0.719. The SMILES string of the molecule is CCCC(C#N)C(=O)NC(COC)C(C)C. The van der Waals surface area contributed by atoms with E-state index in [2.05, 4.69) is 5.32 Å². The van der Waals surface area contributed by atoms with Crippen LogP contribution in [0.5, 0.6) is 0 Å². The first-order chi connectivity index (χ1) is 7.56. The molecule has 0 aromatic heterocycles. The van der Waals surface area contributed by atoms with Gasteiger partial charge in [-0.3, -0.25) is 4.79 Å². The zero-order chi connectivity index (χ0) is 12.6. The third-order valence-corrected chi connectivity index (χ3v) is 2.53. The van der Waals surface area contributed by atoms with Crippen LogP contribution in [0.15, 0.2) is 0 Å². The maximum absolute atomic E-state index is 11.8. The molecule has 0 rings (SSSR count). The Morgan fingerprint density at radius 2 is 2.12 bits per heavy atom. The van der Waals surface area contributed by atoms with E-state index < -0.39 is 5.92 Å². The third kappa shape index (κ3) is 5.13. The van der Waals surface area contributed by atoms with Crippen LogP contribution < -0.4 is 5.32 Å². The van der Waals surface area contributed by atoms with Gasteiger partial charge in [-0.1, -0.05) is 27.2 Å². The van der Waals surface area contributed by atoms with Gasteiger partial charge in [0.2, 0.25) is 5.91 Å². The number of carbonyl (C=O) groups is 1. The van der Waals surface area contributed by atoms with Crippen LogP contribution in [0.1, 0.15) is 33.6 Å². The summed E-state index contributed by atoms with van der Waals surface area (Å²) in [7, 11) is 1.61. The van der Waals surface area contributed by atoms with Gasteiger partial charge >= 0.3 is 0 Å². The van der Waals surface area contributed by atoms with Crippen molar-refractivity contribution in [2.45, 2.75) is 39.7 Å². The molecule has 0 aliphatic rings. The molecule has 0 aromatic rings. The lowest BCUT2D eigenvalue weighted by molar-refractivity contribution is -0.125. The molecule has 0 fully saturated rings. The van der Waals surface area contributed by atoms with Gasteiger partial charge in [-0.05, 0) is 12.3 Å². The minimum Gasteiger partial charge on any atom is -0.383 e. The van der Waals surface area contributed by atoms with E-state index in [0.29, 0.717) is 18.9 Å². The fraction of sp³-hybridized carbons (Fsp3) is 0.833. The van der Waals surface area contributed by atoms with Crippen LogP contribution >= 0.6 is 0 Å². The van der Waals surface area contributed by atoms with Gasteiger partial charge in [0, 0.05) is 7.11 Å². The summed E-state index contributed by atoms with van der Waals surface area (Å²) in [5.41, 5.74) is 0. The molecule has 0 aromatic carbocycles. The summed E-state index contributed by atoms with van der Waals surface area (Å²) < 4.78 is 5.04. The summed E-state index contributed by atoms with van der Waals surface area (Å²) in [6, 6.07) is 2.01. The van der Waals surface area contributed by atoms with E-state index in [1.807, 2.05) is 26.8 Å². The van der Waals surface area contributed by atoms with Gasteiger partial charge in [-0.25, -0.2) is 0 Å². The third-order valence-electron chi connectivity index (χ3n) is 2.53. The van der Waals surface area contributed by atoms with Gasteiger partial charge in [0.05, 0.1) is 18.7 Å². The average Bonchev–Trinajstić information content (AvgIpc) is 2.24. The molecule has 0 heterocycles. The standard InChI is InChI=1S/C12H22N2O2/c1-5-6-10(7-13)12(15)14-11(8-16-4)9(2)3/h9-11H,5-6,8H2,1-4H3,(H,14,15). The average molecular weight is 226 g/mol. The zero-order valence-corrected chi connectivity index (χ0v) is 10.6. The summed E-state index contributed by atoms with van der Waals surface area (Å²) in [5.74, 6) is -0.423. The number of ether oxygens (including phenoxy) is 1. The second kappa shape index (κ2) is 8.12. The molecule has 4 nitrogen and oxygen atoms in total. The van der Waals surface area contributed by atoms with Crippen molar-refractivity contribution < 1.29 is 9.53 Å². The van der Waals surface area contributed by atoms with E-state index in [9.17, 15) is 4.79 Å². The van der Waals surface area contributed by atoms with Crippen molar-refractivity contribution in [3.8, 4) is 6.07 Å². The normalized spacial score (nSPS) is 14.2. The number of amides is 1. The van der Waals surface area contributed by atoms with Gasteiger partial charge in [0.25, 0.3) is 0 Å². The van der Waals surface area contributed by atoms with Crippen LogP contribution in [-0.2, 0) is 9.53 Å². The Bertz CT molecular complexity index is 246. The molecule has 16 heavy (non-hydrogen) atoms. The van der Waals surface area contributed by atoms with Crippen molar-refractivity contribution in [3.63, 3.8) is 0 Å². The molecule has 0 radical (unpaired) electrons. The van der Waals surface area contributed by atoms with Crippen LogP contribution in [-0.4, -0.2) is 25.7 Å². The fourth-order valence-electron chi connectivity index (χ4n) is 1.41. The molecule has 1 amide bonds. The number of methoxy groups -OCH3 is 1. The topological polar surface area (TPSA) is 62.1 Å². The van der Waals surface area contributed by atoms with Crippen LogP contribution in [0.25, 0.3) is 0 Å². The summed E-state index contributed by atoms with van der Waals surface area (Å²) >= 11 is 0. The van der Waals surface area contributed by atoms with Crippen molar-refractivity contribution in [2.24, 2.45) is 11.8 Å². The highest BCUT2D eigenvalue weighted by atomic mass is 16.5. The van der Waals surface area contributed by atoms with Gasteiger partial charge in [0.15, 0.2) is 0 Å². The zero-order valence-electron chi connectivity index (χ0n) is 10.6. The Balaban J connectivity index is 4.32. The van der Waals surface area contributed by atoms with Crippen molar-refractivity contribution in [3.05, 3.63) is 0 Å². The van der Waals surface area contributed by atoms with Crippen LogP contribution in [0, 0.1) is 23.2 Å². The summed E-state index contributed by atoms with van der Waals surface area (Å²) in [6.07, 6.45) is 1.45. The Morgan fingerprint density at radius 1 is 1.50 bits per heavy atom. The van der Waals surface area contributed by atoms with Crippen LogP contribution in [0.4, 0.5) is 0 Å². The number of nitrogens with zero attached hydrogens (tertiary/aromatic N) is 1. The number of carbonyl (C=O) groups excluding carboxylic acids is 1. The minimum absolute atomic E-state index is 0.0230. The highest BCUT2D eigenvalue weighted by Gasteiger charge is 2.22. The smallest absolute Gasteiger partial charge is 0.237 e. The number of rotatable bonds is 7. The molecular weight excluding hydrogens is 204 g/mol. The van der Waals surface area contributed by atoms with Crippen molar-refractivity contribution >= 4 is 5.91 Å². The molecule has 0 saturated heterocycles. The van der Waals surface area contributed by atoms with E-state index in [1.54, 1.807) is 7.11 Å². The Labute approximate surface area is 98.0 Å². The highest BCUT2D eigenvalue weighted by molar-refractivity contribution is 5.81. The molecule has 4 heteroatoms. The largest absolute Gasteiger partial charge is 0.383 e. The number of nitriles is 1. The number of hydrogen-bond acceptors (Lipinski definition) is 3. The van der Waals surface area contributed by atoms with Gasteiger partial charge in [0.1, 0.15) is 5.92 Å². The molecule has 0 spiro atoms. The Hall–Kier alpha value is -1.08. The summed E-state index contributed by atoms with van der Waals surface area (Å²) in [5, 5.41) is 11.7. The monoisotopic (exact) mass is 226 g/mol. The lowest BCUT2D eigenvalue weighted by atomic mass is 10.0. The van der Waals surface area contributed by atoms with Crippen LogP contribution in [0.3, 0.4) is 0 Å². The van der Waals surface area contributed by atoms with E-state index in [0.717, 1.165) is 6.42 Å². The molecule has 0 aliphatic heterocycles. The van der Waals surface area contributed by atoms with E-state index in [4.69, 9.17) is 10.00 Å². The molecule has 0 bridgehead atoms.